The van der Waals surface area contributed by atoms with Crippen molar-refractivity contribution in [3.63, 3.8) is 0 Å². The molecule has 0 aromatic carbocycles. The summed E-state index contributed by atoms with van der Waals surface area (Å²) < 4.78 is 5.64. The fraction of sp³-hybridized carbons (Fsp3) is 0.667. The molecule has 0 amide bonds. The van der Waals surface area contributed by atoms with Gasteiger partial charge in [0, 0.05) is 6.92 Å². The van der Waals surface area contributed by atoms with Gasteiger partial charge in [-0.15, -0.1) is 0 Å². The van der Waals surface area contributed by atoms with Gasteiger partial charge in [0.15, 0.2) is 5.90 Å². The zero-order valence-corrected chi connectivity index (χ0v) is 9.91. The van der Waals surface area contributed by atoms with Crippen molar-refractivity contribution < 1.29 is 9.53 Å². The number of aliphatic imine (C=N–C) groups is 1. The maximum absolute atomic E-state index is 10.3. The van der Waals surface area contributed by atoms with E-state index in [-0.39, 0.29) is 11.6 Å². The molecule has 1 rings (SSSR count). The third kappa shape index (κ3) is 3.18. The highest BCUT2D eigenvalue weighted by molar-refractivity contribution is 5.75. The summed E-state index contributed by atoms with van der Waals surface area (Å²) >= 11 is 0. The largest absolute Gasteiger partial charge is 0.475 e. The first-order valence-electron chi connectivity index (χ1n) is 5.30. The normalized spacial score (nSPS) is 24.7. The summed E-state index contributed by atoms with van der Waals surface area (Å²) in [6.07, 6.45) is 4.36. The van der Waals surface area contributed by atoms with Crippen LogP contribution in [0.15, 0.2) is 16.6 Å². The van der Waals surface area contributed by atoms with Crippen LogP contribution < -0.4 is 0 Å². The molecular formula is C12H19NO2. The summed E-state index contributed by atoms with van der Waals surface area (Å²) in [6, 6.07) is 0. The first kappa shape index (κ1) is 12.0. The van der Waals surface area contributed by atoms with Gasteiger partial charge in [0.05, 0.1) is 5.54 Å². The number of nitrogens with zero attached hydrogens (tertiary/aromatic N) is 1. The van der Waals surface area contributed by atoms with E-state index in [9.17, 15) is 4.79 Å². The van der Waals surface area contributed by atoms with Crippen LogP contribution in [0, 0.1) is 0 Å². The summed E-state index contributed by atoms with van der Waals surface area (Å²) in [5.41, 5.74) is 0.958. The lowest BCUT2D eigenvalue weighted by Gasteiger charge is -2.23. The maximum atomic E-state index is 10.3. The second-order valence-electron chi connectivity index (χ2n) is 4.58. The highest BCUT2D eigenvalue weighted by Crippen LogP contribution is 2.29. The smallest absolute Gasteiger partial charge is 0.181 e. The average molecular weight is 209 g/mol. The molecule has 0 fully saturated rings. The molecule has 3 nitrogen and oxygen atoms in total. The zero-order chi connectivity index (χ0) is 11.5. The van der Waals surface area contributed by atoms with Gasteiger partial charge in [0.1, 0.15) is 12.4 Å². The van der Waals surface area contributed by atoms with Gasteiger partial charge in [0.2, 0.25) is 0 Å². The fourth-order valence-corrected chi connectivity index (χ4v) is 1.82. The number of hydrogen-bond donors (Lipinski definition) is 0. The van der Waals surface area contributed by atoms with Crippen LogP contribution in [-0.2, 0) is 9.53 Å². The van der Waals surface area contributed by atoms with E-state index in [0.717, 1.165) is 30.6 Å². The van der Waals surface area contributed by atoms with Crippen LogP contribution in [0.25, 0.3) is 0 Å². The summed E-state index contributed by atoms with van der Waals surface area (Å²) in [5, 5.41) is 0. The van der Waals surface area contributed by atoms with E-state index in [1.54, 1.807) is 6.08 Å². The topological polar surface area (TPSA) is 38.7 Å². The molecular weight excluding hydrogens is 190 g/mol. The van der Waals surface area contributed by atoms with Crippen LogP contribution >= 0.6 is 0 Å². The van der Waals surface area contributed by atoms with Crippen LogP contribution in [0.4, 0.5) is 0 Å². The van der Waals surface area contributed by atoms with Crippen molar-refractivity contribution in [3.05, 3.63) is 11.6 Å². The van der Waals surface area contributed by atoms with E-state index in [1.165, 1.54) is 0 Å². The number of ether oxygens (including phenoxy) is 1. The van der Waals surface area contributed by atoms with Crippen LogP contribution in [0.1, 0.15) is 40.5 Å². The molecule has 1 aliphatic rings. The second-order valence-corrected chi connectivity index (χ2v) is 4.58. The van der Waals surface area contributed by atoms with Gasteiger partial charge in [-0.2, -0.15) is 0 Å². The summed E-state index contributed by atoms with van der Waals surface area (Å²) in [6.45, 7) is 8.00. The SMILES string of the molecule is CC1=NC(C)(C)C(CC/C(C)=C/C=O)O1. The van der Waals surface area contributed by atoms with Crippen molar-refractivity contribution in [2.75, 3.05) is 0 Å². The number of carbonyl (C=O) groups is 1. The molecule has 0 saturated heterocycles. The van der Waals surface area contributed by atoms with Crippen molar-refractivity contribution in [1.82, 2.24) is 0 Å². The molecule has 0 aromatic heterocycles. The molecule has 0 radical (unpaired) electrons. The van der Waals surface area contributed by atoms with E-state index in [2.05, 4.69) is 18.8 Å². The third-order valence-electron chi connectivity index (χ3n) is 2.70. The van der Waals surface area contributed by atoms with Gasteiger partial charge >= 0.3 is 0 Å². The van der Waals surface area contributed by atoms with Crippen LogP contribution in [-0.4, -0.2) is 23.8 Å². The minimum atomic E-state index is -0.133. The molecule has 0 aromatic rings. The predicted octanol–water partition coefficient (Wildman–Crippen LogP) is 2.51. The number of allylic oxidation sites excluding steroid dienone is 2. The standard InChI is InChI=1S/C12H19NO2/c1-9(7-8-14)5-6-11-12(3,4)13-10(2)15-11/h7-8,11H,5-6H2,1-4H3/b9-7+. The molecule has 0 spiro atoms. The van der Waals surface area contributed by atoms with Crippen molar-refractivity contribution in [3.8, 4) is 0 Å². The molecule has 0 N–H and O–H groups in total. The molecule has 1 heterocycles. The average Bonchev–Trinajstić information content (AvgIpc) is 2.36. The van der Waals surface area contributed by atoms with Crippen LogP contribution in [0.3, 0.4) is 0 Å². The lowest BCUT2D eigenvalue weighted by atomic mass is 9.93. The Morgan fingerprint density at radius 3 is 2.73 bits per heavy atom. The molecule has 0 bridgehead atoms. The maximum Gasteiger partial charge on any atom is 0.181 e. The highest BCUT2D eigenvalue weighted by atomic mass is 16.5. The Labute approximate surface area is 91.2 Å². The van der Waals surface area contributed by atoms with Crippen molar-refractivity contribution in [1.29, 1.82) is 0 Å². The van der Waals surface area contributed by atoms with Crippen LogP contribution in [0.2, 0.25) is 0 Å². The number of rotatable bonds is 4. The lowest BCUT2D eigenvalue weighted by Crippen LogP contribution is -2.31. The molecule has 0 saturated carbocycles. The van der Waals surface area contributed by atoms with Gasteiger partial charge in [-0.3, -0.25) is 4.79 Å². The Hall–Kier alpha value is -1.12. The monoisotopic (exact) mass is 209 g/mol. The lowest BCUT2D eigenvalue weighted by molar-refractivity contribution is -0.104. The number of carbonyl (C=O) groups excluding carboxylic acids is 1. The number of hydrogen-bond acceptors (Lipinski definition) is 3. The summed E-state index contributed by atoms with van der Waals surface area (Å²) in [4.78, 5) is 14.7. The summed E-state index contributed by atoms with van der Waals surface area (Å²) in [5.74, 6) is 0.766. The van der Waals surface area contributed by atoms with Crippen LogP contribution in [0.5, 0.6) is 0 Å². The third-order valence-corrected chi connectivity index (χ3v) is 2.70. The fourth-order valence-electron chi connectivity index (χ4n) is 1.82. The highest BCUT2D eigenvalue weighted by Gasteiger charge is 2.35. The molecule has 15 heavy (non-hydrogen) atoms. The first-order valence-corrected chi connectivity index (χ1v) is 5.30. The van der Waals surface area contributed by atoms with Crippen molar-refractivity contribution >= 4 is 12.2 Å². The van der Waals surface area contributed by atoms with Crippen molar-refractivity contribution in [2.45, 2.75) is 52.2 Å². The Kier molecular flexibility index (Phi) is 3.66. The van der Waals surface area contributed by atoms with E-state index in [1.807, 2.05) is 13.8 Å². The molecule has 3 heteroatoms. The van der Waals surface area contributed by atoms with E-state index in [0.29, 0.717) is 0 Å². The minimum absolute atomic E-state index is 0.132. The van der Waals surface area contributed by atoms with Gasteiger partial charge in [-0.25, -0.2) is 4.99 Å². The molecule has 0 aliphatic carbocycles. The zero-order valence-electron chi connectivity index (χ0n) is 9.91. The Bertz CT molecular complexity index is 303. The van der Waals surface area contributed by atoms with E-state index in [4.69, 9.17) is 4.74 Å². The van der Waals surface area contributed by atoms with Gasteiger partial charge in [-0.05, 0) is 39.7 Å². The summed E-state index contributed by atoms with van der Waals surface area (Å²) in [7, 11) is 0. The van der Waals surface area contributed by atoms with Crippen molar-refractivity contribution in [2.24, 2.45) is 4.99 Å². The van der Waals surface area contributed by atoms with Gasteiger partial charge in [0.25, 0.3) is 0 Å². The molecule has 1 atom stereocenters. The van der Waals surface area contributed by atoms with Gasteiger partial charge < -0.3 is 4.74 Å². The Balaban J connectivity index is 2.48. The predicted molar refractivity (Wildman–Crippen MR) is 61.1 cm³/mol. The first-order chi connectivity index (χ1) is 6.95. The quantitative estimate of drug-likeness (QED) is 0.527. The minimum Gasteiger partial charge on any atom is -0.475 e. The van der Waals surface area contributed by atoms with E-state index >= 15 is 0 Å². The second kappa shape index (κ2) is 4.60. The Morgan fingerprint density at radius 1 is 1.60 bits per heavy atom. The Morgan fingerprint density at radius 2 is 2.27 bits per heavy atom. The van der Waals surface area contributed by atoms with E-state index < -0.39 is 0 Å². The number of aldehydes is 1. The van der Waals surface area contributed by atoms with Gasteiger partial charge in [-0.1, -0.05) is 5.57 Å². The molecule has 84 valence electrons. The molecule has 1 aliphatic heterocycles. The molecule has 1 unspecified atom stereocenters.